The Kier molecular flexibility index (Phi) is 3.26. The number of aromatic hydroxyl groups is 2. The second kappa shape index (κ2) is 4.20. The first-order chi connectivity index (χ1) is 7.66. The van der Waals surface area contributed by atoms with Gasteiger partial charge in [-0.2, -0.15) is 0 Å². The lowest BCUT2D eigenvalue weighted by Crippen LogP contribution is -2.24. The zero-order chi connectivity index (χ0) is 13.4. The van der Waals surface area contributed by atoms with Gasteiger partial charge in [-0.3, -0.25) is 4.79 Å². The fourth-order valence-electron chi connectivity index (χ4n) is 1.67. The maximum absolute atomic E-state index is 13.6. The molecule has 1 rings (SSSR count). The van der Waals surface area contributed by atoms with Crippen molar-refractivity contribution in [3.63, 3.8) is 0 Å². The van der Waals surface area contributed by atoms with Gasteiger partial charge in [0, 0.05) is 17.0 Å². The highest BCUT2D eigenvalue weighted by Gasteiger charge is 2.33. The molecule has 0 bridgehead atoms. The first-order valence-electron chi connectivity index (χ1n) is 4.79. The smallest absolute Gasteiger partial charge is 0.304 e. The van der Waals surface area contributed by atoms with Crippen molar-refractivity contribution in [2.75, 3.05) is 0 Å². The quantitative estimate of drug-likeness (QED) is 0.763. The van der Waals surface area contributed by atoms with Crippen molar-refractivity contribution < 1.29 is 28.9 Å². The Morgan fingerprint density at radius 3 is 2.00 bits per heavy atom. The van der Waals surface area contributed by atoms with E-state index in [0.29, 0.717) is 6.07 Å². The summed E-state index contributed by atoms with van der Waals surface area (Å²) in [6, 6.07) is 0.533. The van der Waals surface area contributed by atoms with Crippen LogP contribution in [0.4, 0.5) is 8.78 Å². The van der Waals surface area contributed by atoms with E-state index < -0.39 is 46.5 Å². The number of carboxylic acids is 1. The van der Waals surface area contributed by atoms with Gasteiger partial charge >= 0.3 is 5.97 Å². The molecule has 94 valence electrons. The van der Waals surface area contributed by atoms with Crippen LogP contribution in [-0.4, -0.2) is 21.3 Å². The van der Waals surface area contributed by atoms with Crippen LogP contribution in [0, 0.1) is 11.6 Å². The third-order valence-corrected chi connectivity index (χ3v) is 2.43. The van der Waals surface area contributed by atoms with Gasteiger partial charge < -0.3 is 15.3 Å². The molecule has 0 heterocycles. The lowest BCUT2D eigenvalue weighted by Gasteiger charge is -2.24. The Bertz CT molecular complexity index is 443. The third kappa shape index (κ3) is 2.46. The highest BCUT2D eigenvalue weighted by atomic mass is 19.1. The molecule has 0 radical (unpaired) electrons. The summed E-state index contributed by atoms with van der Waals surface area (Å²) in [4.78, 5) is 10.6. The number of phenolic OH excluding ortho intramolecular Hbond substituents is 2. The minimum Gasteiger partial charge on any atom is -0.505 e. The van der Waals surface area contributed by atoms with E-state index in [-0.39, 0.29) is 0 Å². The van der Waals surface area contributed by atoms with Crippen LogP contribution >= 0.6 is 0 Å². The highest BCUT2D eigenvalue weighted by Crippen LogP contribution is 2.38. The van der Waals surface area contributed by atoms with Crippen molar-refractivity contribution in [2.45, 2.75) is 25.7 Å². The summed E-state index contributed by atoms with van der Waals surface area (Å²) < 4.78 is 27.2. The third-order valence-electron chi connectivity index (χ3n) is 2.43. The fourth-order valence-corrected chi connectivity index (χ4v) is 1.67. The van der Waals surface area contributed by atoms with Gasteiger partial charge in [-0.15, -0.1) is 0 Å². The fraction of sp³-hybridized carbons (Fsp3) is 0.364. The van der Waals surface area contributed by atoms with Crippen molar-refractivity contribution in [2.24, 2.45) is 0 Å². The van der Waals surface area contributed by atoms with Crippen molar-refractivity contribution in [3.8, 4) is 11.5 Å². The molecule has 0 aliphatic heterocycles. The molecule has 0 aliphatic carbocycles. The topological polar surface area (TPSA) is 77.8 Å². The van der Waals surface area contributed by atoms with Crippen LogP contribution < -0.4 is 0 Å². The summed E-state index contributed by atoms with van der Waals surface area (Å²) in [5.41, 5.74) is -2.03. The molecule has 0 saturated heterocycles. The summed E-state index contributed by atoms with van der Waals surface area (Å²) in [6.07, 6.45) is -0.538. The van der Waals surface area contributed by atoms with Crippen LogP contribution in [0.15, 0.2) is 6.07 Å². The van der Waals surface area contributed by atoms with Gasteiger partial charge in [0.05, 0.1) is 6.42 Å². The van der Waals surface area contributed by atoms with E-state index in [9.17, 15) is 13.6 Å². The Hall–Kier alpha value is -1.85. The lowest BCUT2D eigenvalue weighted by molar-refractivity contribution is -0.138. The number of carboxylic acid groups (broad SMARTS) is 1. The number of phenols is 2. The number of hydrogen-bond acceptors (Lipinski definition) is 3. The van der Waals surface area contributed by atoms with Crippen LogP contribution in [0.5, 0.6) is 11.5 Å². The monoisotopic (exact) mass is 246 g/mol. The zero-order valence-corrected chi connectivity index (χ0v) is 9.29. The molecule has 0 aromatic heterocycles. The second-order valence-electron chi connectivity index (χ2n) is 4.37. The van der Waals surface area contributed by atoms with Gasteiger partial charge in [-0.05, 0) is 0 Å². The maximum Gasteiger partial charge on any atom is 0.304 e. The number of rotatable bonds is 3. The number of hydrogen-bond donors (Lipinski definition) is 3. The zero-order valence-electron chi connectivity index (χ0n) is 9.29. The highest BCUT2D eigenvalue weighted by molar-refractivity contribution is 5.69. The number of halogens is 2. The predicted molar refractivity (Wildman–Crippen MR) is 55.0 cm³/mol. The molecule has 1 aromatic carbocycles. The molecule has 0 unspecified atom stereocenters. The Morgan fingerprint density at radius 1 is 1.24 bits per heavy atom. The Labute approximate surface area is 96.1 Å². The van der Waals surface area contributed by atoms with Gasteiger partial charge in [0.15, 0.2) is 23.1 Å². The van der Waals surface area contributed by atoms with E-state index in [1.807, 2.05) is 0 Å². The van der Waals surface area contributed by atoms with Crippen LogP contribution in [0.3, 0.4) is 0 Å². The molecule has 6 heteroatoms. The largest absolute Gasteiger partial charge is 0.505 e. The van der Waals surface area contributed by atoms with E-state index in [2.05, 4.69) is 0 Å². The molecule has 0 amide bonds. The number of aliphatic carboxylic acids is 1. The van der Waals surface area contributed by atoms with Crippen LogP contribution in [0.1, 0.15) is 25.8 Å². The van der Waals surface area contributed by atoms with Gasteiger partial charge in [0.25, 0.3) is 0 Å². The van der Waals surface area contributed by atoms with Crippen molar-refractivity contribution in [1.82, 2.24) is 0 Å². The minimum atomic E-state index is -1.39. The summed E-state index contributed by atoms with van der Waals surface area (Å²) in [5, 5.41) is 27.0. The molecular weight excluding hydrogens is 234 g/mol. The Balaban J connectivity index is 3.44. The Morgan fingerprint density at radius 2 is 1.65 bits per heavy atom. The predicted octanol–water partition coefficient (Wildman–Crippen LogP) is 2.13. The first kappa shape index (κ1) is 13.2. The average molecular weight is 246 g/mol. The maximum atomic E-state index is 13.6. The molecule has 0 saturated carbocycles. The number of carbonyl (C=O) groups is 1. The van der Waals surface area contributed by atoms with Gasteiger partial charge in [-0.25, -0.2) is 8.78 Å². The van der Waals surface area contributed by atoms with Crippen molar-refractivity contribution in [1.29, 1.82) is 0 Å². The molecule has 0 spiro atoms. The van der Waals surface area contributed by atoms with Crippen LogP contribution in [0.2, 0.25) is 0 Å². The molecule has 3 N–H and O–H groups in total. The van der Waals surface area contributed by atoms with E-state index in [4.69, 9.17) is 15.3 Å². The standard InChI is InChI=1S/C11H12F2O4/c1-11(2,4-7(16)17)8-9(12)5(14)3-6(15)10(8)13/h3,14-15H,4H2,1-2H3,(H,16,17). The summed E-state index contributed by atoms with van der Waals surface area (Å²) in [7, 11) is 0. The molecule has 0 fully saturated rings. The summed E-state index contributed by atoms with van der Waals surface area (Å²) >= 11 is 0. The van der Waals surface area contributed by atoms with E-state index in [1.165, 1.54) is 13.8 Å². The van der Waals surface area contributed by atoms with E-state index >= 15 is 0 Å². The van der Waals surface area contributed by atoms with Gasteiger partial charge in [0.1, 0.15) is 0 Å². The second-order valence-corrected chi connectivity index (χ2v) is 4.37. The minimum absolute atomic E-state index is 0.533. The summed E-state index contributed by atoms with van der Waals surface area (Å²) in [5.74, 6) is -5.59. The van der Waals surface area contributed by atoms with Crippen molar-refractivity contribution >= 4 is 5.97 Å². The number of benzene rings is 1. The summed E-state index contributed by atoms with van der Waals surface area (Å²) in [6.45, 7) is 2.61. The average Bonchev–Trinajstić information content (AvgIpc) is 2.12. The van der Waals surface area contributed by atoms with Crippen molar-refractivity contribution in [3.05, 3.63) is 23.3 Å². The van der Waals surface area contributed by atoms with E-state index in [0.717, 1.165) is 0 Å². The van der Waals surface area contributed by atoms with Gasteiger partial charge in [0.2, 0.25) is 0 Å². The lowest BCUT2D eigenvalue weighted by atomic mass is 9.80. The molecule has 1 aromatic rings. The molecule has 0 atom stereocenters. The van der Waals surface area contributed by atoms with Gasteiger partial charge in [-0.1, -0.05) is 13.8 Å². The molecule has 4 nitrogen and oxygen atoms in total. The molecule has 17 heavy (non-hydrogen) atoms. The SMILES string of the molecule is CC(C)(CC(=O)O)c1c(F)c(O)cc(O)c1F. The van der Waals surface area contributed by atoms with E-state index in [1.54, 1.807) is 0 Å². The molecular formula is C11H12F2O4. The molecule has 0 aliphatic rings. The van der Waals surface area contributed by atoms with Crippen LogP contribution in [0.25, 0.3) is 0 Å². The van der Waals surface area contributed by atoms with Crippen LogP contribution in [-0.2, 0) is 10.2 Å². The normalized spacial score (nSPS) is 11.5. The first-order valence-corrected chi connectivity index (χ1v) is 4.79.